The van der Waals surface area contributed by atoms with Crippen molar-refractivity contribution in [2.75, 3.05) is 6.54 Å². The van der Waals surface area contributed by atoms with Crippen LogP contribution in [0.2, 0.25) is 0 Å². The van der Waals surface area contributed by atoms with Crippen LogP contribution in [0, 0.1) is 5.41 Å². The van der Waals surface area contributed by atoms with E-state index in [1.54, 1.807) is 0 Å². The van der Waals surface area contributed by atoms with Gasteiger partial charge >= 0.3 is 12.0 Å². The average Bonchev–Trinajstić information content (AvgIpc) is 2.94. The Morgan fingerprint density at radius 3 is 2.25 bits per heavy atom. The molecule has 3 aliphatic rings. The van der Waals surface area contributed by atoms with Crippen LogP contribution < -0.4 is 5.32 Å². The molecular formula is C14H20N2O4. The first-order valence-electron chi connectivity index (χ1n) is 7.32. The third-order valence-corrected chi connectivity index (χ3v) is 5.37. The van der Waals surface area contributed by atoms with E-state index in [4.69, 9.17) is 5.11 Å². The molecule has 2 spiro atoms. The Morgan fingerprint density at radius 1 is 1.10 bits per heavy atom. The predicted octanol–water partition coefficient (Wildman–Crippen LogP) is 1.50. The molecule has 3 rings (SSSR count). The molecule has 0 bridgehead atoms. The fourth-order valence-corrected chi connectivity index (χ4v) is 4.13. The quantitative estimate of drug-likeness (QED) is 0.750. The molecule has 3 fully saturated rings. The van der Waals surface area contributed by atoms with Gasteiger partial charge in [0.25, 0.3) is 5.91 Å². The Balaban J connectivity index is 1.73. The molecule has 6 heteroatoms. The normalized spacial score (nSPS) is 27.3. The standard InChI is InChI=1S/C14H20N2O4/c17-10(18)9-16-11(19)14(15-12(16)20)7-5-13(6-8-14)3-1-2-4-13/h1-9H2,(H,15,20)(H,17,18). The number of imide groups is 1. The molecule has 1 saturated heterocycles. The molecule has 0 radical (unpaired) electrons. The van der Waals surface area contributed by atoms with Gasteiger partial charge in [0.15, 0.2) is 0 Å². The van der Waals surface area contributed by atoms with Crippen molar-refractivity contribution in [1.82, 2.24) is 10.2 Å². The Morgan fingerprint density at radius 2 is 1.70 bits per heavy atom. The zero-order chi connectivity index (χ0) is 14.4. The van der Waals surface area contributed by atoms with Gasteiger partial charge in [-0.05, 0) is 43.9 Å². The fraction of sp³-hybridized carbons (Fsp3) is 0.786. The lowest BCUT2D eigenvalue weighted by Gasteiger charge is -2.41. The Kier molecular flexibility index (Phi) is 2.99. The van der Waals surface area contributed by atoms with E-state index in [9.17, 15) is 14.4 Å². The van der Waals surface area contributed by atoms with Crippen LogP contribution in [-0.2, 0) is 9.59 Å². The number of carbonyl (C=O) groups excluding carboxylic acids is 2. The van der Waals surface area contributed by atoms with E-state index in [-0.39, 0.29) is 5.91 Å². The van der Waals surface area contributed by atoms with E-state index in [2.05, 4.69) is 5.32 Å². The minimum atomic E-state index is -1.16. The summed E-state index contributed by atoms with van der Waals surface area (Å²) in [6, 6.07) is -0.556. The van der Waals surface area contributed by atoms with Crippen LogP contribution in [0.3, 0.4) is 0 Å². The number of nitrogens with zero attached hydrogens (tertiary/aromatic N) is 1. The summed E-state index contributed by atoms with van der Waals surface area (Å²) in [5.74, 6) is -1.51. The van der Waals surface area contributed by atoms with Crippen molar-refractivity contribution in [2.45, 2.75) is 56.9 Å². The van der Waals surface area contributed by atoms with Gasteiger partial charge in [-0.1, -0.05) is 12.8 Å². The summed E-state index contributed by atoms with van der Waals surface area (Å²) < 4.78 is 0. The third-order valence-electron chi connectivity index (χ3n) is 5.37. The van der Waals surface area contributed by atoms with Gasteiger partial charge in [-0.15, -0.1) is 0 Å². The molecular weight excluding hydrogens is 260 g/mol. The molecule has 0 aromatic carbocycles. The van der Waals surface area contributed by atoms with Gasteiger partial charge < -0.3 is 10.4 Å². The summed E-state index contributed by atoms with van der Waals surface area (Å²) in [5.41, 5.74) is -0.461. The first kappa shape index (κ1) is 13.4. The number of amides is 3. The second-order valence-electron chi connectivity index (χ2n) is 6.50. The van der Waals surface area contributed by atoms with E-state index < -0.39 is 24.1 Å². The van der Waals surface area contributed by atoms with Crippen LogP contribution in [0.15, 0.2) is 0 Å². The Labute approximate surface area is 117 Å². The molecule has 1 heterocycles. The first-order chi connectivity index (χ1) is 9.46. The minimum Gasteiger partial charge on any atom is -0.480 e. The van der Waals surface area contributed by atoms with Crippen LogP contribution in [0.1, 0.15) is 51.4 Å². The van der Waals surface area contributed by atoms with Gasteiger partial charge in [-0.25, -0.2) is 4.79 Å². The second-order valence-corrected chi connectivity index (χ2v) is 6.50. The van der Waals surface area contributed by atoms with Gasteiger partial charge in [0.2, 0.25) is 0 Å². The van der Waals surface area contributed by atoms with Crippen molar-refractivity contribution in [3.05, 3.63) is 0 Å². The average molecular weight is 280 g/mol. The van der Waals surface area contributed by atoms with Crippen LogP contribution in [0.4, 0.5) is 4.79 Å². The summed E-state index contributed by atoms with van der Waals surface area (Å²) in [6.45, 7) is -0.544. The van der Waals surface area contributed by atoms with Crippen molar-refractivity contribution in [1.29, 1.82) is 0 Å². The number of hydrogen-bond acceptors (Lipinski definition) is 3. The molecule has 6 nitrogen and oxygen atoms in total. The summed E-state index contributed by atoms with van der Waals surface area (Å²) in [7, 11) is 0. The fourth-order valence-electron chi connectivity index (χ4n) is 4.13. The molecule has 20 heavy (non-hydrogen) atoms. The smallest absolute Gasteiger partial charge is 0.325 e. The summed E-state index contributed by atoms with van der Waals surface area (Å²) >= 11 is 0. The van der Waals surface area contributed by atoms with E-state index in [0.29, 0.717) is 18.3 Å². The van der Waals surface area contributed by atoms with Gasteiger partial charge in [0.1, 0.15) is 12.1 Å². The zero-order valence-corrected chi connectivity index (χ0v) is 11.5. The molecule has 0 unspecified atom stereocenters. The van der Waals surface area contributed by atoms with Crippen LogP contribution in [0.25, 0.3) is 0 Å². The van der Waals surface area contributed by atoms with E-state index in [0.717, 1.165) is 17.7 Å². The van der Waals surface area contributed by atoms with Crippen molar-refractivity contribution in [3.8, 4) is 0 Å². The summed E-state index contributed by atoms with van der Waals surface area (Å²) in [6.07, 6.45) is 8.19. The molecule has 3 amide bonds. The molecule has 2 aliphatic carbocycles. The minimum absolute atomic E-state index is 0.349. The maximum Gasteiger partial charge on any atom is 0.325 e. The Hall–Kier alpha value is -1.59. The highest BCUT2D eigenvalue weighted by Gasteiger charge is 2.55. The number of carboxylic acid groups (broad SMARTS) is 1. The predicted molar refractivity (Wildman–Crippen MR) is 70.0 cm³/mol. The molecule has 0 aromatic rings. The van der Waals surface area contributed by atoms with Gasteiger partial charge in [-0.3, -0.25) is 14.5 Å². The number of urea groups is 1. The molecule has 2 saturated carbocycles. The molecule has 0 atom stereocenters. The van der Waals surface area contributed by atoms with Crippen LogP contribution in [-0.4, -0.2) is 40.0 Å². The number of hydrogen-bond donors (Lipinski definition) is 2. The number of nitrogens with one attached hydrogen (secondary N) is 1. The second kappa shape index (κ2) is 4.46. The topological polar surface area (TPSA) is 86.7 Å². The maximum absolute atomic E-state index is 12.4. The lowest BCUT2D eigenvalue weighted by molar-refractivity contribution is -0.143. The van der Waals surface area contributed by atoms with E-state index >= 15 is 0 Å². The van der Waals surface area contributed by atoms with Crippen LogP contribution >= 0.6 is 0 Å². The largest absolute Gasteiger partial charge is 0.480 e. The highest BCUT2D eigenvalue weighted by molar-refractivity contribution is 6.08. The van der Waals surface area contributed by atoms with E-state index in [1.165, 1.54) is 25.7 Å². The number of carbonyl (C=O) groups is 3. The molecule has 1 aliphatic heterocycles. The highest BCUT2D eigenvalue weighted by atomic mass is 16.4. The lowest BCUT2D eigenvalue weighted by atomic mass is 9.66. The number of aliphatic carboxylic acids is 1. The van der Waals surface area contributed by atoms with Gasteiger partial charge in [-0.2, -0.15) is 0 Å². The lowest BCUT2D eigenvalue weighted by Crippen LogP contribution is -2.51. The van der Waals surface area contributed by atoms with Crippen molar-refractivity contribution < 1.29 is 19.5 Å². The molecule has 0 aromatic heterocycles. The molecule has 2 N–H and O–H groups in total. The van der Waals surface area contributed by atoms with Gasteiger partial charge in [0.05, 0.1) is 0 Å². The molecule has 110 valence electrons. The van der Waals surface area contributed by atoms with Crippen molar-refractivity contribution >= 4 is 17.9 Å². The number of rotatable bonds is 2. The van der Waals surface area contributed by atoms with Crippen molar-refractivity contribution in [2.24, 2.45) is 5.41 Å². The van der Waals surface area contributed by atoms with Crippen molar-refractivity contribution in [3.63, 3.8) is 0 Å². The van der Waals surface area contributed by atoms with E-state index in [1.807, 2.05) is 0 Å². The highest BCUT2D eigenvalue weighted by Crippen LogP contribution is 2.52. The monoisotopic (exact) mass is 280 g/mol. The van der Waals surface area contributed by atoms with Gasteiger partial charge in [0, 0.05) is 0 Å². The summed E-state index contributed by atoms with van der Waals surface area (Å²) in [4.78, 5) is 35.8. The summed E-state index contributed by atoms with van der Waals surface area (Å²) in [5, 5.41) is 11.5. The SMILES string of the molecule is O=C(O)CN1C(=O)NC2(CCC3(CCCC3)CC2)C1=O. The first-order valence-corrected chi connectivity index (χ1v) is 7.32. The zero-order valence-electron chi connectivity index (χ0n) is 11.5. The maximum atomic E-state index is 12.4. The third kappa shape index (κ3) is 1.98. The Bertz CT molecular complexity index is 458. The number of carboxylic acids is 1. The van der Waals surface area contributed by atoms with Crippen LogP contribution in [0.5, 0.6) is 0 Å².